The minimum atomic E-state index is -0.444. The topological polar surface area (TPSA) is 55.6 Å². The number of nitrogens with zero attached hydrogens (tertiary/aromatic N) is 1. The molecule has 0 aliphatic carbocycles. The van der Waals surface area contributed by atoms with Gasteiger partial charge in [0.25, 0.3) is 0 Å². The van der Waals surface area contributed by atoms with Gasteiger partial charge >= 0.3 is 0 Å². The summed E-state index contributed by atoms with van der Waals surface area (Å²) in [4.78, 5) is 13.7. The van der Waals surface area contributed by atoms with Crippen LogP contribution in [-0.4, -0.2) is 37.0 Å². The molecule has 0 saturated carbocycles. The van der Waals surface area contributed by atoms with Crippen molar-refractivity contribution < 1.29 is 13.9 Å². The molecule has 0 bridgehead atoms. The van der Waals surface area contributed by atoms with Crippen LogP contribution in [0.25, 0.3) is 0 Å². The van der Waals surface area contributed by atoms with Gasteiger partial charge in [0.05, 0.1) is 13.5 Å². The summed E-state index contributed by atoms with van der Waals surface area (Å²) in [5.41, 5.74) is 6.40. The van der Waals surface area contributed by atoms with Crippen LogP contribution in [0.2, 0.25) is 0 Å². The number of hydrogen-bond acceptors (Lipinski definition) is 3. The first-order valence-corrected chi connectivity index (χ1v) is 5.96. The fraction of sp³-hybridized carbons (Fsp3) is 0.462. The number of methoxy groups -OCH3 is 1. The molecule has 4 nitrogen and oxygen atoms in total. The van der Waals surface area contributed by atoms with Crippen LogP contribution in [0.4, 0.5) is 4.39 Å². The van der Waals surface area contributed by atoms with Gasteiger partial charge in [-0.1, -0.05) is 6.07 Å². The zero-order valence-corrected chi connectivity index (χ0v) is 10.4. The molecule has 1 amide bonds. The minimum absolute atomic E-state index is 0.00693. The predicted molar refractivity (Wildman–Crippen MR) is 65.8 cm³/mol. The molecule has 1 aliphatic heterocycles. The molecule has 98 valence electrons. The fourth-order valence-electron chi connectivity index (χ4n) is 2.12. The normalized spacial score (nSPS) is 19.1. The number of hydrogen-bond donors (Lipinski definition) is 1. The van der Waals surface area contributed by atoms with E-state index >= 15 is 0 Å². The van der Waals surface area contributed by atoms with Gasteiger partial charge in [0.15, 0.2) is 11.6 Å². The monoisotopic (exact) mass is 252 g/mol. The first kappa shape index (κ1) is 12.8. The SMILES string of the molecule is COc1ccc(CC(=O)N2CC[C@@H](N)C2)cc1F. The zero-order valence-electron chi connectivity index (χ0n) is 10.4. The number of carbonyl (C=O) groups is 1. The van der Waals surface area contributed by atoms with Crippen molar-refractivity contribution in [2.24, 2.45) is 5.73 Å². The van der Waals surface area contributed by atoms with E-state index in [0.29, 0.717) is 18.7 Å². The molecule has 1 aromatic carbocycles. The van der Waals surface area contributed by atoms with E-state index in [-0.39, 0.29) is 24.1 Å². The first-order valence-electron chi connectivity index (χ1n) is 5.96. The third-order valence-electron chi connectivity index (χ3n) is 3.15. The molecule has 0 unspecified atom stereocenters. The van der Waals surface area contributed by atoms with Crippen molar-refractivity contribution in [3.63, 3.8) is 0 Å². The maximum Gasteiger partial charge on any atom is 0.227 e. The summed E-state index contributed by atoms with van der Waals surface area (Å²) in [6, 6.07) is 4.65. The minimum Gasteiger partial charge on any atom is -0.494 e. The molecule has 5 heteroatoms. The van der Waals surface area contributed by atoms with Gasteiger partial charge in [0, 0.05) is 19.1 Å². The van der Waals surface area contributed by atoms with Gasteiger partial charge in [-0.15, -0.1) is 0 Å². The fourth-order valence-corrected chi connectivity index (χ4v) is 2.12. The Morgan fingerprint density at radius 1 is 1.61 bits per heavy atom. The van der Waals surface area contributed by atoms with Crippen LogP contribution < -0.4 is 10.5 Å². The summed E-state index contributed by atoms with van der Waals surface area (Å²) in [6.45, 7) is 1.29. The number of halogens is 1. The number of nitrogens with two attached hydrogens (primary N) is 1. The maximum atomic E-state index is 13.5. The Kier molecular flexibility index (Phi) is 3.81. The summed E-state index contributed by atoms with van der Waals surface area (Å²) >= 11 is 0. The van der Waals surface area contributed by atoms with Crippen LogP contribution >= 0.6 is 0 Å². The number of amides is 1. The number of carbonyl (C=O) groups excluding carboxylic acids is 1. The lowest BCUT2D eigenvalue weighted by atomic mass is 10.1. The lowest BCUT2D eigenvalue weighted by Gasteiger charge is -2.15. The van der Waals surface area contributed by atoms with E-state index in [1.807, 2.05) is 0 Å². The molecule has 18 heavy (non-hydrogen) atoms. The zero-order chi connectivity index (χ0) is 13.1. The van der Waals surface area contributed by atoms with Crippen LogP contribution in [0.5, 0.6) is 5.75 Å². The maximum absolute atomic E-state index is 13.5. The Bertz CT molecular complexity index is 451. The van der Waals surface area contributed by atoms with Crippen LogP contribution in [0.3, 0.4) is 0 Å². The average molecular weight is 252 g/mol. The molecule has 1 atom stereocenters. The standard InChI is InChI=1S/C13H17FN2O2/c1-18-12-3-2-9(6-11(12)14)7-13(17)16-5-4-10(15)8-16/h2-3,6,10H,4-5,7-8,15H2,1H3/t10-/m1/s1. The van der Waals surface area contributed by atoms with Gasteiger partial charge in [-0.3, -0.25) is 4.79 Å². The number of benzene rings is 1. The van der Waals surface area contributed by atoms with Crippen molar-refractivity contribution >= 4 is 5.91 Å². The highest BCUT2D eigenvalue weighted by molar-refractivity contribution is 5.79. The summed E-state index contributed by atoms with van der Waals surface area (Å²) in [7, 11) is 1.41. The number of ether oxygens (including phenoxy) is 1. The van der Waals surface area contributed by atoms with Crippen LogP contribution in [0.1, 0.15) is 12.0 Å². The van der Waals surface area contributed by atoms with Crippen molar-refractivity contribution in [1.82, 2.24) is 4.90 Å². The third kappa shape index (κ3) is 2.79. The lowest BCUT2D eigenvalue weighted by Crippen LogP contribution is -2.32. The highest BCUT2D eigenvalue weighted by atomic mass is 19.1. The molecule has 1 aliphatic rings. The second-order valence-corrected chi connectivity index (χ2v) is 4.53. The summed E-state index contributed by atoms with van der Waals surface area (Å²) in [5, 5.41) is 0. The molecular weight excluding hydrogens is 235 g/mol. The first-order chi connectivity index (χ1) is 8.60. The molecule has 0 spiro atoms. The van der Waals surface area contributed by atoms with Gasteiger partial charge in [-0.2, -0.15) is 0 Å². The Morgan fingerprint density at radius 3 is 2.94 bits per heavy atom. The molecule has 2 rings (SSSR count). The van der Waals surface area contributed by atoms with Gasteiger partial charge in [0.2, 0.25) is 5.91 Å². The average Bonchev–Trinajstić information content (AvgIpc) is 2.76. The Balaban J connectivity index is 2.01. The summed E-state index contributed by atoms with van der Waals surface area (Å²) in [6.07, 6.45) is 1.04. The van der Waals surface area contributed by atoms with Crippen molar-refractivity contribution in [3.8, 4) is 5.75 Å². The van der Waals surface area contributed by atoms with Crippen molar-refractivity contribution in [2.45, 2.75) is 18.9 Å². The van der Waals surface area contributed by atoms with Crippen molar-refractivity contribution in [2.75, 3.05) is 20.2 Å². The van der Waals surface area contributed by atoms with E-state index in [1.54, 1.807) is 11.0 Å². The van der Waals surface area contributed by atoms with Gasteiger partial charge in [-0.25, -0.2) is 4.39 Å². The molecule has 1 saturated heterocycles. The van der Waals surface area contributed by atoms with E-state index in [4.69, 9.17) is 10.5 Å². The van der Waals surface area contributed by atoms with Crippen LogP contribution in [0, 0.1) is 5.82 Å². The second kappa shape index (κ2) is 5.35. The Labute approximate surface area is 106 Å². The Morgan fingerprint density at radius 2 is 2.39 bits per heavy atom. The van der Waals surface area contributed by atoms with Gasteiger partial charge < -0.3 is 15.4 Å². The Hall–Kier alpha value is -1.62. The number of likely N-dealkylation sites (tertiary alicyclic amines) is 1. The van der Waals surface area contributed by atoms with E-state index in [2.05, 4.69) is 0 Å². The van der Waals surface area contributed by atoms with E-state index in [9.17, 15) is 9.18 Å². The van der Waals surface area contributed by atoms with Gasteiger partial charge in [-0.05, 0) is 24.1 Å². The summed E-state index contributed by atoms with van der Waals surface area (Å²) in [5.74, 6) is -0.261. The molecule has 0 aromatic heterocycles. The predicted octanol–water partition coefficient (Wildman–Crippen LogP) is 0.936. The summed E-state index contributed by atoms with van der Waals surface area (Å²) < 4.78 is 18.3. The highest BCUT2D eigenvalue weighted by Crippen LogP contribution is 2.19. The molecule has 2 N–H and O–H groups in total. The van der Waals surface area contributed by atoms with Gasteiger partial charge in [0.1, 0.15) is 0 Å². The van der Waals surface area contributed by atoms with Crippen LogP contribution in [0.15, 0.2) is 18.2 Å². The molecular formula is C13H17FN2O2. The molecule has 1 fully saturated rings. The van der Waals surface area contributed by atoms with E-state index in [0.717, 1.165) is 6.42 Å². The van der Waals surface area contributed by atoms with Crippen molar-refractivity contribution in [3.05, 3.63) is 29.6 Å². The quantitative estimate of drug-likeness (QED) is 0.871. The molecule has 0 radical (unpaired) electrons. The van der Waals surface area contributed by atoms with Crippen LogP contribution in [-0.2, 0) is 11.2 Å². The molecule has 1 heterocycles. The van der Waals surface area contributed by atoms with E-state index in [1.165, 1.54) is 19.2 Å². The third-order valence-corrected chi connectivity index (χ3v) is 3.15. The number of rotatable bonds is 3. The largest absolute Gasteiger partial charge is 0.494 e. The lowest BCUT2D eigenvalue weighted by molar-refractivity contribution is -0.129. The smallest absolute Gasteiger partial charge is 0.227 e. The molecule has 1 aromatic rings. The second-order valence-electron chi connectivity index (χ2n) is 4.53. The van der Waals surface area contributed by atoms with Crippen molar-refractivity contribution in [1.29, 1.82) is 0 Å². The highest BCUT2D eigenvalue weighted by Gasteiger charge is 2.23. The van der Waals surface area contributed by atoms with E-state index < -0.39 is 5.82 Å².